The normalized spacial score (nSPS) is 11.9. The molecule has 0 aliphatic rings. The fourth-order valence-electron chi connectivity index (χ4n) is 1.55. The van der Waals surface area contributed by atoms with E-state index in [1.54, 1.807) is 6.92 Å². The minimum atomic E-state index is -3.78. The molecular weight excluding hydrogens is 290 g/mol. The van der Waals surface area contributed by atoms with Gasteiger partial charge in [-0.3, -0.25) is 0 Å². The van der Waals surface area contributed by atoms with Gasteiger partial charge in [-0.15, -0.1) is 11.3 Å². The molecule has 0 radical (unpaired) electrons. The Kier molecular flexibility index (Phi) is 5.92. The summed E-state index contributed by atoms with van der Waals surface area (Å²) in [5, 5.41) is 10.5. The summed E-state index contributed by atoms with van der Waals surface area (Å²) in [6.45, 7) is 4.81. The van der Waals surface area contributed by atoms with E-state index in [2.05, 4.69) is 0 Å². The smallest absolute Gasteiger partial charge is 0.347 e. The predicted octanol–water partition coefficient (Wildman–Crippen LogP) is 1.49. The Morgan fingerprint density at radius 1 is 1.47 bits per heavy atom. The van der Waals surface area contributed by atoms with Crippen LogP contribution in [-0.2, 0) is 14.8 Å². The lowest BCUT2D eigenvalue weighted by molar-refractivity contribution is 0.0698. The highest BCUT2D eigenvalue weighted by Gasteiger charge is 2.28. The highest BCUT2D eigenvalue weighted by atomic mass is 32.2. The third-order valence-electron chi connectivity index (χ3n) is 2.48. The highest BCUT2D eigenvalue weighted by Crippen LogP contribution is 2.25. The number of likely N-dealkylation sites (N-methyl/N-ethyl adjacent to an activating group) is 1. The second-order valence-electron chi connectivity index (χ2n) is 3.61. The van der Waals surface area contributed by atoms with Crippen molar-refractivity contribution in [2.45, 2.75) is 18.7 Å². The number of hydrogen-bond donors (Lipinski definition) is 1. The zero-order valence-electron chi connectivity index (χ0n) is 10.8. The van der Waals surface area contributed by atoms with Gasteiger partial charge in [0.05, 0.1) is 6.61 Å². The zero-order valence-corrected chi connectivity index (χ0v) is 12.5. The van der Waals surface area contributed by atoms with E-state index in [4.69, 9.17) is 9.84 Å². The van der Waals surface area contributed by atoms with Crippen LogP contribution in [0.5, 0.6) is 0 Å². The Hall–Kier alpha value is -0.960. The first-order valence-corrected chi connectivity index (χ1v) is 8.15. The number of carboxylic acids is 1. The van der Waals surface area contributed by atoms with Gasteiger partial charge in [0.2, 0.25) is 10.0 Å². The zero-order chi connectivity index (χ0) is 14.5. The van der Waals surface area contributed by atoms with E-state index in [9.17, 15) is 13.2 Å². The van der Waals surface area contributed by atoms with Gasteiger partial charge in [0, 0.05) is 19.7 Å². The van der Waals surface area contributed by atoms with Crippen molar-refractivity contribution in [3.05, 3.63) is 16.3 Å². The van der Waals surface area contributed by atoms with Crippen molar-refractivity contribution < 1.29 is 23.1 Å². The van der Waals surface area contributed by atoms with Crippen LogP contribution < -0.4 is 0 Å². The Labute approximate surface area is 116 Å². The van der Waals surface area contributed by atoms with Crippen molar-refractivity contribution in [3.63, 3.8) is 0 Å². The molecule has 1 rings (SSSR count). The number of ether oxygens (including phenoxy) is 1. The first-order valence-electron chi connectivity index (χ1n) is 5.83. The number of nitrogens with zero attached hydrogens (tertiary/aromatic N) is 1. The number of hydrogen-bond acceptors (Lipinski definition) is 5. The Morgan fingerprint density at radius 2 is 2.16 bits per heavy atom. The standard InChI is InChI=1S/C11H17NO5S2/c1-3-12(6-7-17-4-2)19(15,16)9-5-8-18-10(9)11(13)14/h5,8H,3-4,6-7H2,1-2H3,(H,13,14). The van der Waals surface area contributed by atoms with E-state index in [1.165, 1.54) is 15.8 Å². The maximum Gasteiger partial charge on any atom is 0.347 e. The molecule has 0 fully saturated rings. The van der Waals surface area contributed by atoms with E-state index < -0.39 is 16.0 Å². The van der Waals surface area contributed by atoms with Crippen LogP contribution in [0.3, 0.4) is 0 Å². The average molecular weight is 307 g/mol. The monoisotopic (exact) mass is 307 g/mol. The molecule has 0 aliphatic carbocycles. The predicted molar refractivity (Wildman–Crippen MR) is 72.2 cm³/mol. The molecule has 0 saturated heterocycles. The van der Waals surface area contributed by atoms with E-state index >= 15 is 0 Å². The van der Waals surface area contributed by atoms with Crippen LogP contribution >= 0.6 is 11.3 Å². The fourth-order valence-corrected chi connectivity index (χ4v) is 4.22. The van der Waals surface area contributed by atoms with Crippen LogP contribution in [0.4, 0.5) is 0 Å². The quantitative estimate of drug-likeness (QED) is 0.736. The topological polar surface area (TPSA) is 83.9 Å². The van der Waals surface area contributed by atoms with Crippen LogP contribution in [0.1, 0.15) is 23.5 Å². The number of aromatic carboxylic acids is 1. The largest absolute Gasteiger partial charge is 0.477 e. The average Bonchev–Trinajstić information content (AvgIpc) is 2.84. The van der Waals surface area contributed by atoms with Crippen molar-refractivity contribution in [1.82, 2.24) is 4.31 Å². The van der Waals surface area contributed by atoms with Gasteiger partial charge in [0.25, 0.3) is 0 Å². The van der Waals surface area contributed by atoms with Crippen molar-refractivity contribution >= 4 is 27.3 Å². The van der Waals surface area contributed by atoms with E-state index in [1.807, 2.05) is 6.92 Å². The van der Waals surface area contributed by atoms with Gasteiger partial charge in [-0.25, -0.2) is 13.2 Å². The van der Waals surface area contributed by atoms with Gasteiger partial charge in [0.1, 0.15) is 9.77 Å². The molecular formula is C11H17NO5S2. The number of thiophene rings is 1. The molecule has 108 valence electrons. The second kappa shape index (κ2) is 6.99. The molecule has 0 unspecified atom stereocenters. The molecule has 1 heterocycles. The summed E-state index contributed by atoms with van der Waals surface area (Å²) in [4.78, 5) is 10.7. The lowest BCUT2D eigenvalue weighted by Gasteiger charge is -2.20. The molecule has 6 nitrogen and oxygen atoms in total. The Bertz CT molecular complexity index is 523. The molecule has 0 atom stereocenters. The van der Waals surface area contributed by atoms with Crippen molar-refractivity contribution in [2.24, 2.45) is 0 Å². The molecule has 0 aliphatic heterocycles. The van der Waals surface area contributed by atoms with Gasteiger partial charge in [-0.2, -0.15) is 4.31 Å². The third-order valence-corrected chi connectivity index (χ3v) is 5.53. The van der Waals surface area contributed by atoms with Crippen molar-refractivity contribution in [3.8, 4) is 0 Å². The van der Waals surface area contributed by atoms with Crippen LogP contribution in [0.2, 0.25) is 0 Å². The first-order chi connectivity index (χ1) is 8.95. The van der Waals surface area contributed by atoms with Gasteiger partial charge in [-0.1, -0.05) is 6.92 Å². The Morgan fingerprint density at radius 3 is 2.68 bits per heavy atom. The van der Waals surface area contributed by atoms with Gasteiger partial charge < -0.3 is 9.84 Å². The van der Waals surface area contributed by atoms with E-state index in [-0.39, 0.29) is 29.5 Å². The first kappa shape index (κ1) is 16.1. The molecule has 0 spiro atoms. The molecule has 19 heavy (non-hydrogen) atoms. The number of rotatable bonds is 8. The minimum Gasteiger partial charge on any atom is -0.477 e. The summed E-state index contributed by atoms with van der Waals surface area (Å²) in [5.41, 5.74) is 0. The number of carboxylic acid groups (broad SMARTS) is 1. The van der Waals surface area contributed by atoms with Crippen molar-refractivity contribution in [1.29, 1.82) is 0 Å². The number of carbonyl (C=O) groups is 1. The summed E-state index contributed by atoms with van der Waals surface area (Å²) in [6.07, 6.45) is 0. The Balaban J connectivity index is 3.00. The summed E-state index contributed by atoms with van der Waals surface area (Å²) < 4.78 is 31.1. The molecule has 1 N–H and O–H groups in total. The van der Waals surface area contributed by atoms with Gasteiger partial charge in [-0.05, 0) is 18.4 Å². The maximum absolute atomic E-state index is 12.4. The summed E-state index contributed by atoms with van der Waals surface area (Å²) >= 11 is 0.904. The van der Waals surface area contributed by atoms with E-state index in [0.717, 1.165) is 11.3 Å². The molecule has 0 saturated carbocycles. The SMILES string of the molecule is CCOCCN(CC)S(=O)(=O)c1ccsc1C(=O)O. The second-order valence-corrected chi connectivity index (χ2v) is 6.44. The highest BCUT2D eigenvalue weighted by molar-refractivity contribution is 7.89. The summed E-state index contributed by atoms with van der Waals surface area (Å²) in [6, 6.07) is 1.33. The molecule has 8 heteroatoms. The lowest BCUT2D eigenvalue weighted by atomic mass is 10.5. The molecule has 0 aromatic carbocycles. The van der Waals surface area contributed by atoms with Crippen LogP contribution in [0.25, 0.3) is 0 Å². The van der Waals surface area contributed by atoms with Gasteiger partial charge in [0.15, 0.2) is 0 Å². The molecule has 1 aromatic rings. The third kappa shape index (κ3) is 3.75. The molecule has 0 amide bonds. The van der Waals surface area contributed by atoms with Crippen LogP contribution in [-0.4, -0.2) is 50.1 Å². The fraction of sp³-hybridized carbons (Fsp3) is 0.545. The molecule has 0 bridgehead atoms. The van der Waals surface area contributed by atoms with Gasteiger partial charge >= 0.3 is 5.97 Å². The molecule has 1 aromatic heterocycles. The summed E-state index contributed by atoms with van der Waals surface area (Å²) in [5.74, 6) is -1.23. The summed E-state index contributed by atoms with van der Waals surface area (Å²) in [7, 11) is -3.78. The van der Waals surface area contributed by atoms with E-state index in [0.29, 0.717) is 6.61 Å². The number of sulfonamides is 1. The minimum absolute atomic E-state index is 0.150. The lowest BCUT2D eigenvalue weighted by Crippen LogP contribution is -2.34. The maximum atomic E-state index is 12.4. The van der Waals surface area contributed by atoms with Crippen LogP contribution in [0.15, 0.2) is 16.3 Å². The van der Waals surface area contributed by atoms with Crippen molar-refractivity contribution in [2.75, 3.05) is 26.3 Å². The van der Waals surface area contributed by atoms with Crippen LogP contribution in [0, 0.1) is 0 Å².